The van der Waals surface area contributed by atoms with Gasteiger partial charge in [-0.05, 0) is 104 Å². The number of carbonyl (C=O) groups excluding carboxylic acids is 1. The van der Waals surface area contributed by atoms with Gasteiger partial charge in [0.25, 0.3) is 0 Å². The molecule has 0 aliphatic heterocycles. The molecule has 0 saturated heterocycles. The van der Waals surface area contributed by atoms with Gasteiger partial charge < -0.3 is 5.32 Å². The highest BCUT2D eigenvalue weighted by Gasteiger charge is 2.54. The average Bonchev–Trinajstić information content (AvgIpc) is 2.88. The van der Waals surface area contributed by atoms with E-state index in [1.807, 2.05) is 24.3 Å². The molecule has 3 aromatic carbocycles. The minimum atomic E-state index is -0.133. The molecule has 1 N–H and O–H groups in total. The monoisotopic (exact) mass is 536 g/mol. The molecule has 0 spiro atoms. The number of hydrogen-bond acceptors (Lipinski definition) is 2. The molecule has 4 bridgehead atoms. The van der Waals surface area contributed by atoms with Crippen molar-refractivity contribution in [1.29, 1.82) is 0 Å². The summed E-state index contributed by atoms with van der Waals surface area (Å²) in [6.45, 7) is 0. The van der Waals surface area contributed by atoms with Gasteiger partial charge in [-0.3, -0.25) is 4.79 Å². The van der Waals surface area contributed by atoms with E-state index >= 15 is 0 Å². The third-order valence-corrected chi connectivity index (χ3v) is 9.31. The highest BCUT2D eigenvalue weighted by molar-refractivity contribution is 9.10. The molecule has 0 unspecified atom stereocenters. The molecule has 4 saturated carbocycles. The Labute approximate surface area is 220 Å². The number of anilines is 1. The molecular formula is C32H29BrN2O. The third kappa shape index (κ3) is 3.87. The Hall–Kier alpha value is -2.98. The summed E-state index contributed by atoms with van der Waals surface area (Å²) in [7, 11) is 0. The van der Waals surface area contributed by atoms with E-state index in [-0.39, 0.29) is 11.3 Å². The van der Waals surface area contributed by atoms with Crippen LogP contribution in [-0.2, 0) is 4.79 Å². The molecule has 3 nitrogen and oxygen atoms in total. The maximum absolute atomic E-state index is 13.5. The van der Waals surface area contributed by atoms with Gasteiger partial charge >= 0.3 is 0 Å². The van der Waals surface area contributed by atoms with E-state index in [1.165, 1.54) is 24.8 Å². The average molecular weight is 538 g/mol. The first-order valence-corrected chi connectivity index (χ1v) is 13.9. The Bertz CT molecular complexity index is 1430. The Balaban J connectivity index is 1.18. The van der Waals surface area contributed by atoms with Crippen LogP contribution < -0.4 is 5.32 Å². The van der Waals surface area contributed by atoms with E-state index in [0.717, 1.165) is 74.9 Å². The lowest BCUT2D eigenvalue weighted by Crippen LogP contribution is -2.51. The van der Waals surface area contributed by atoms with Crippen molar-refractivity contribution >= 4 is 38.4 Å². The van der Waals surface area contributed by atoms with Crippen molar-refractivity contribution in [2.75, 3.05) is 5.32 Å². The normalized spacial score (nSPS) is 26.3. The van der Waals surface area contributed by atoms with E-state index in [4.69, 9.17) is 4.98 Å². The Morgan fingerprint density at radius 2 is 1.47 bits per heavy atom. The molecule has 180 valence electrons. The second kappa shape index (κ2) is 8.55. The fourth-order valence-corrected chi connectivity index (χ4v) is 7.94. The molecule has 4 aliphatic rings. The lowest BCUT2D eigenvalue weighted by Gasteiger charge is -2.55. The van der Waals surface area contributed by atoms with Crippen LogP contribution in [0.15, 0.2) is 83.3 Å². The molecule has 4 fully saturated rings. The second-order valence-corrected chi connectivity index (χ2v) is 12.2. The van der Waals surface area contributed by atoms with Crippen LogP contribution >= 0.6 is 15.9 Å². The van der Waals surface area contributed by atoms with E-state index < -0.39 is 0 Å². The molecule has 4 aromatic rings. The highest BCUT2D eigenvalue weighted by atomic mass is 79.9. The molecular weight excluding hydrogens is 508 g/mol. The number of fused-ring (bicyclic) bond motifs is 1. The van der Waals surface area contributed by atoms with Gasteiger partial charge in [-0.25, -0.2) is 4.98 Å². The van der Waals surface area contributed by atoms with Gasteiger partial charge in [-0.15, -0.1) is 0 Å². The van der Waals surface area contributed by atoms with E-state index in [1.54, 1.807) is 0 Å². The number of amides is 1. The van der Waals surface area contributed by atoms with E-state index in [2.05, 4.69) is 75.8 Å². The molecule has 36 heavy (non-hydrogen) atoms. The van der Waals surface area contributed by atoms with E-state index in [9.17, 15) is 4.79 Å². The van der Waals surface area contributed by atoms with Gasteiger partial charge in [0.2, 0.25) is 5.91 Å². The molecule has 8 rings (SSSR count). The molecule has 4 aliphatic carbocycles. The number of nitrogens with zero attached hydrogens (tertiary/aromatic N) is 1. The van der Waals surface area contributed by atoms with Crippen LogP contribution in [0.3, 0.4) is 0 Å². The maximum Gasteiger partial charge on any atom is 0.230 e. The molecule has 4 heteroatoms. The van der Waals surface area contributed by atoms with Gasteiger partial charge in [-0.1, -0.05) is 58.4 Å². The van der Waals surface area contributed by atoms with Crippen molar-refractivity contribution in [1.82, 2.24) is 4.98 Å². The van der Waals surface area contributed by atoms with Gasteiger partial charge in [0.05, 0.1) is 16.6 Å². The molecule has 1 heterocycles. The summed E-state index contributed by atoms with van der Waals surface area (Å²) in [5, 5.41) is 4.41. The van der Waals surface area contributed by atoms with Crippen molar-refractivity contribution in [3.63, 3.8) is 0 Å². The summed E-state index contributed by atoms with van der Waals surface area (Å²) in [6.07, 6.45) is 7.30. The third-order valence-electron chi connectivity index (χ3n) is 8.81. The van der Waals surface area contributed by atoms with Gasteiger partial charge in [0.1, 0.15) is 0 Å². The second-order valence-electron chi connectivity index (χ2n) is 11.3. The van der Waals surface area contributed by atoms with Crippen LogP contribution in [0.4, 0.5) is 5.69 Å². The zero-order valence-electron chi connectivity index (χ0n) is 20.2. The minimum absolute atomic E-state index is 0.133. The number of halogens is 1. The first kappa shape index (κ1) is 22.2. The standard InChI is InChI=1S/C32H29BrN2O/c33-25-8-11-29-28(15-25)27(23-4-2-1-3-5-23)16-30(35-29)24-6-9-26(10-7-24)34-31(36)32-17-20-12-21(18-32)14-22(13-20)19-32/h1-11,15-16,20-22H,12-14,17-19H2,(H,34,36). The SMILES string of the molecule is O=C(Nc1ccc(-c2cc(-c3ccccc3)c3cc(Br)ccc3n2)cc1)C12CC3CC(CC(C3)C1)C2. The first-order chi connectivity index (χ1) is 17.5. The quantitative estimate of drug-likeness (QED) is 0.284. The zero-order chi connectivity index (χ0) is 24.3. The highest BCUT2D eigenvalue weighted by Crippen LogP contribution is 2.60. The fraction of sp³-hybridized carbons (Fsp3) is 0.312. The Morgan fingerprint density at radius 3 is 2.14 bits per heavy atom. The summed E-state index contributed by atoms with van der Waals surface area (Å²) in [5.41, 5.74) is 6.03. The zero-order valence-corrected chi connectivity index (χ0v) is 21.8. The number of rotatable bonds is 4. The largest absolute Gasteiger partial charge is 0.326 e. The summed E-state index contributed by atoms with van der Waals surface area (Å²) in [6, 6.07) is 27.1. The summed E-state index contributed by atoms with van der Waals surface area (Å²) in [4.78, 5) is 18.5. The van der Waals surface area contributed by atoms with E-state index in [0.29, 0.717) is 0 Å². The fourth-order valence-electron chi connectivity index (χ4n) is 7.58. The number of nitrogens with one attached hydrogen (secondary N) is 1. The van der Waals surface area contributed by atoms with Gasteiger partial charge in [0.15, 0.2) is 0 Å². The van der Waals surface area contributed by atoms with Crippen molar-refractivity contribution in [3.05, 3.63) is 83.3 Å². The maximum atomic E-state index is 13.5. The van der Waals surface area contributed by atoms with Crippen molar-refractivity contribution in [2.24, 2.45) is 23.2 Å². The van der Waals surface area contributed by atoms with Crippen molar-refractivity contribution < 1.29 is 4.79 Å². The lowest BCUT2D eigenvalue weighted by molar-refractivity contribution is -0.140. The number of pyridine rings is 1. The summed E-state index contributed by atoms with van der Waals surface area (Å²) >= 11 is 3.62. The first-order valence-electron chi connectivity index (χ1n) is 13.1. The number of benzene rings is 3. The number of aromatic nitrogens is 1. The van der Waals surface area contributed by atoms with Crippen molar-refractivity contribution in [2.45, 2.75) is 38.5 Å². The van der Waals surface area contributed by atoms with Crippen LogP contribution in [0.5, 0.6) is 0 Å². The number of carbonyl (C=O) groups is 1. The van der Waals surface area contributed by atoms with Gasteiger partial charge in [0, 0.05) is 21.1 Å². The predicted octanol–water partition coefficient (Wildman–Crippen LogP) is 8.49. The predicted molar refractivity (Wildman–Crippen MR) is 150 cm³/mol. The Kier molecular flexibility index (Phi) is 5.28. The lowest BCUT2D eigenvalue weighted by atomic mass is 9.49. The molecule has 0 radical (unpaired) electrons. The van der Waals surface area contributed by atoms with Crippen LogP contribution in [0, 0.1) is 23.2 Å². The molecule has 1 amide bonds. The number of hydrogen-bond donors (Lipinski definition) is 1. The van der Waals surface area contributed by atoms with Crippen LogP contribution in [0.1, 0.15) is 38.5 Å². The van der Waals surface area contributed by atoms with Crippen LogP contribution in [0.2, 0.25) is 0 Å². The Morgan fingerprint density at radius 1 is 0.806 bits per heavy atom. The topological polar surface area (TPSA) is 42.0 Å². The molecule has 1 aromatic heterocycles. The minimum Gasteiger partial charge on any atom is -0.326 e. The summed E-state index contributed by atoms with van der Waals surface area (Å²) in [5.74, 6) is 2.54. The van der Waals surface area contributed by atoms with Crippen LogP contribution in [0.25, 0.3) is 33.3 Å². The van der Waals surface area contributed by atoms with Crippen LogP contribution in [-0.4, -0.2) is 10.9 Å². The molecule has 0 atom stereocenters. The smallest absolute Gasteiger partial charge is 0.230 e. The summed E-state index contributed by atoms with van der Waals surface area (Å²) < 4.78 is 1.04. The van der Waals surface area contributed by atoms with Crippen molar-refractivity contribution in [3.8, 4) is 22.4 Å². The van der Waals surface area contributed by atoms with Gasteiger partial charge in [-0.2, -0.15) is 0 Å².